The summed E-state index contributed by atoms with van der Waals surface area (Å²) < 4.78 is 0. The van der Waals surface area contributed by atoms with Crippen molar-refractivity contribution < 1.29 is 0 Å². The Morgan fingerprint density at radius 3 is 1.47 bits per heavy atom. The van der Waals surface area contributed by atoms with Crippen molar-refractivity contribution in [1.82, 2.24) is 0 Å². The van der Waals surface area contributed by atoms with Gasteiger partial charge in [0.05, 0.1) is 10.8 Å². The number of benzene rings is 12. The van der Waals surface area contributed by atoms with E-state index in [1.807, 2.05) is 0 Å². The molecule has 0 nitrogen and oxygen atoms in total. The van der Waals surface area contributed by atoms with Crippen LogP contribution in [0.5, 0.6) is 0 Å². The number of fused-ring (bicyclic) bond motifs is 8. The van der Waals surface area contributed by atoms with Crippen LogP contribution in [0, 0.1) is 13.8 Å². The third kappa shape index (κ3) is 6.54. The molecule has 2 aliphatic rings. The second-order valence-corrected chi connectivity index (χ2v) is 20.7. The summed E-state index contributed by atoms with van der Waals surface area (Å²) >= 11 is 0. The molecule has 0 aromatic heterocycles. The van der Waals surface area contributed by atoms with Crippen molar-refractivity contribution in [1.29, 1.82) is 0 Å². The van der Waals surface area contributed by atoms with Crippen molar-refractivity contribution in [3.8, 4) is 44.5 Å². The third-order valence-electron chi connectivity index (χ3n) is 16.8. The molecule has 0 fully saturated rings. The summed E-state index contributed by atoms with van der Waals surface area (Å²) in [7, 11) is 0. The van der Waals surface area contributed by atoms with Crippen LogP contribution < -0.4 is 0 Å². The second kappa shape index (κ2) is 17.4. The minimum absolute atomic E-state index is 0.445. The molecular weight excluding hydrogens is 889 g/mol. The van der Waals surface area contributed by atoms with Gasteiger partial charge in [-0.25, -0.2) is 0 Å². The van der Waals surface area contributed by atoms with E-state index in [2.05, 4.69) is 281 Å². The number of hydrogen-bond donors (Lipinski definition) is 0. The topological polar surface area (TPSA) is 0 Å². The summed E-state index contributed by atoms with van der Waals surface area (Å²) in [5.74, 6) is 0. The van der Waals surface area contributed by atoms with Gasteiger partial charge < -0.3 is 0 Å². The highest BCUT2D eigenvalue weighted by atomic mass is 14.5. The van der Waals surface area contributed by atoms with Crippen molar-refractivity contribution in [3.63, 3.8) is 0 Å². The first kappa shape index (κ1) is 43.9. The SMILES string of the molecule is Cc1ccc(C2(c3ccc(CCc4ccc(-c5cccc6c5-c5ccccc5C6(c5ccccc5)c5ccccc5)c5ccccc45)cc3)c3ccccc3-c3ccc(-c4ccc(C)c5ccccc45)cc32)cc1. The summed E-state index contributed by atoms with van der Waals surface area (Å²) in [6, 6.07) is 101. The van der Waals surface area contributed by atoms with Crippen LogP contribution in [0.1, 0.15) is 66.8 Å². The van der Waals surface area contributed by atoms with Crippen molar-refractivity contribution in [2.24, 2.45) is 0 Å². The lowest BCUT2D eigenvalue weighted by molar-refractivity contribution is 0.767. The first-order valence-electron chi connectivity index (χ1n) is 26.3. The fourth-order valence-electron chi connectivity index (χ4n) is 13.5. The van der Waals surface area contributed by atoms with Crippen LogP contribution in [0.2, 0.25) is 0 Å². The normalized spacial score (nSPS) is 14.9. The van der Waals surface area contributed by atoms with Gasteiger partial charge >= 0.3 is 0 Å². The van der Waals surface area contributed by atoms with Gasteiger partial charge in [-0.3, -0.25) is 0 Å². The summed E-state index contributed by atoms with van der Waals surface area (Å²) in [6.45, 7) is 4.40. The van der Waals surface area contributed by atoms with Crippen molar-refractivity contribution in [3.05, 3.63) is 334 Å². The smallest absolute Gasteiger partial charge is 0.0622 e. The Bertz CT molecular complexity index is 4080. The quantitative estimate of drug-likeness (QED) is 0.135. The molecule has 12 aromatic carbocycles. The fourth-order valence-corrected chi connectivity index (χ4v) is 13.5. The Kier molecular flexibility index (Phi) is 10.3. The highest BCUT2D eigenvalue weighted by Gasteiger charge is 2.48. The van der Waals surface area contributed by atoms with Gasteiger partial charge in [0.2, 0.25) is 0 Å². The molecule has 0 spiro atoms. The largest absolute Gasteiger partial charge is 0.0713 e. The van der Waals surface area contributed by atoms with E-state index in [4.69, 9.17) is 0 Å². The molecular formula is C74H54. The van der Waals surface area contributed by atoms with E-state index in [0.29, 0.717) is 0 Å². The molecule has 0 radical (unpaired) electrons. The molecule has 14 rings (SSSR count). The van der Waals surface area contributed by atoms with Gasteiger partial charge in [0.1, 0.15) is 0 Å². The zero-order valence-electron chi connectivity index (χ0n) is 41.8. The summed E-state index contributed by atoms with van der Waals surface area (Å²) in [4.78, 5) is 0. The highest BCUT2D eigenvalue weighted by molar-refractivity contribution is 6.05. The van der Waals surface area contributed by atoms with E-state index < -0.39 is 10.8 Å². The predicted octanol–water partition coefficient (Wildman–Crippen LogP) is 18.5. The van der Waals surface area contributed by atoms with E-state index in [1.165, 1.54) is 133 Å². The van der Waals surface area contributed by atoms with Crippen molar-refractivity contribution in [2.75, 3.05) is 0 Å². The Balaban J connectivity index is 0.848. The molecule has 0 aliphatic heterocycles. The lowest BCUT2D eigenvalue weighted by Gasteiger charge is -2.34. The van der Waals surface area contributed by atoms with Crippen LogP contribution in [0.15, 0.2) is 267 Å². The Hall–Kier alpha value is -8.84. The maximum atomic E-state index is 2.50. The molecule has 1 unspecified atom stereocenters. The van der Waals surface area contributed by atoms with Crippen LogP contribution in [0.3, 0.4) is 0 Å². The zero-order valence-corrected chi connectivity index (χ0v) is 41.8. The van der Waals surface area contributed by atoms with E-state index in [9.17, 15) is 0 Å². The lowest BCUT2D eigenvalue weighted by atomic mass is 9.67. The average molecular weight is 943 g/mol. The summed E-state index contributed by atoms with van der Waals surface area (Å²) in [5.41, 5.74) is 25.1. The Morgan fingerprint density at radius 2 is 0.770 bits per heavy atom. The van der Waals surface area contributed by atoms with E-state index in [0.717, 1.165) is 12.8 Å². The maximum Gasteiger partial charge on any atom is 0.0713 e. The number of rotatable bonds is 9. The van der Waals surface area contributed by atoms with Crippen LogP contribution in [0.4, 0.5) is 0 Å². The highest BCUT2D eigenvalue weighted by Crippen LogP contribution is 2.60. The number of hydrogen-bond acceptors (Lipinski definition) is 0. The number of aryl methyl sites for hydroxylation is 4. The van der Waals surface area contributed by atoms with Crippen LogP contribution in [-0.2, 0) is 23.7 Å². The maximum absolute atomic E-state index is 2.50. The van der Waals surface area contributed by atoms with Crippen LogP contribution >= 0.6 is 0 Å². The minimum atomic E-state index is -0.499. The van der Waals surface area contributed by atoms with E-state index >= 15 is 0 Å². The Morgan fingerprint density at radius 1 is 0.284 bits per heavy atom. The third-order valence-corrected chi connectivity index (χ3v) is 16.8. The average Bonchev–Trinajstić information content (AvgIpc) is 4.05. The van der Waals surface area contributed by atoms with Gasteiger partial charge in [-0.1, -0.05) is 266 Å². The van der Waals surface area contributed by atoms with Gasteiger partial charge in [-0.15, -0.1) is 0 Å². The van der Waals surface area contributed by atoms with Crippen LogP contribution in [0.25, 0.3) is 66.1 Å². The van der Waals surface area contributed by atoms with Crippen molar-refractivity contribution >= 4 is 21.5 Å². The molecule has 350 valence electrons. The van der Waals surface area contributed by atoms with Gasteiger partial charge in [-0.2, -0.15) is 0 Å². The molecule has 0 saturated carbocycles. The molecule has 0 heteroatoms. The predicted molar refractivity (Wildman–Crippen MR) is 310 cm³/mol. The first-order chi connectivity index (χ1) is 36.5. The molecule has 1 atom stereocenters. The standard InChI is InChI=1S/C74H54/c1-49-32-41-56(42-33-49)74(68-29-15-13-26-64(68)65-47-40-53(48-71(65)74)60-45-34-50(2)58-22-9-11-24-61(58)60)57-43-36-51(37-44-57)35-38-52-39-46-63(62-25-12-10-23-59(52)62)66-28-17-31-70-72(66)67-27-14-16-30-69(67)73(70,54-18-5-3-6-19-54)55-20-7-4-8-21-55/h3-34,36-37,39-48H,35,38H2,1-2H3. The molecule has 0 bridgehead atoms. The minimum Gasteiger partial charge on any atom is -0.0622 e. The molecule has 12 aromatic rings. The second-order valence-electron chi connectivity index (χ2n) is 20.7. The van der Waals surface area contributed by atoms with Gasteiger partial charge in [0.25, 0.3) is 0 Å². The molecule has 74 heavy (non-hydrogen) atoms. The van der Waals surface area contributed by atoms with Crippen molar-refractivity contribution in [2.45, 2.75) is 37.5 Å². The monoisotopic (exact) mass is 942 g/mol. The summed E-state index contributed by atoms with van der Waals surface area (Å²) in [5, 5.41) is 5.20. The van der Waals surface area contributed by atoms with E-state index in [1.54, 1.807) is 0 Å². The van der Waals surface area contributed by atoms with Gasteiger partial charge in [-0.05, 0) is 160 Å². The Labute approximate surface area is 434 Å². The molecule has 2 aliphatic carbocycles. The zero-order chi connectivity index (χ0) is 49.4. The first-order valence-corrected chi connectivity index (χ1v) is 26.3. The van der Waals surface area contributed by atoms with Crippen LogP contribution in [-0.4, -0.2) is 0 Å². The fraction of sp³-hybridized carbons (Fsp3) is 0.0811. The molecule has 0 amide bonds. The van der Waals surface area contributed by atoms with Gasteiger partial charge in [0.15, 0.2) is 0 Å². The molecule has 0 heterocycles. The molecule has 0 saturated heterocycles. The van der Waals surface area contributed by atoms with Gasteiger partial charge in [0, 0.05) is 0 Å². The molecule has 0 N–H and O–H groups in total. The van der Waals surface area contributed by atoms with E-state index in [-0.39, 0.29) is 0 Å². The lowest BCUT2D eigenvalue weighted by Crippen LogP contribution is -2.28. The summed E-state index contributed by atoms with van der Waals surface area (Å²) in [6.07, 6.45) is 1.87.